The predicted octanol–water partition coefficient (Wildman–Crippen LogP) is 1.70. The average Bonchev–Trinajstić information content (AvgIpc) is 3.16. The normalized spacial score (nSPS) is 23.2. The van der Waals surface area contributed by atoms with Crippen molar-refractivity contribution in [3.63, 3.8) is 0 Å². The number of piperazine rings is 1. The minimum atomic E-state index is 0.129. The molecule has 1 amide bonds. The maximum absolute atomic E-state index is 13.0. The summed E-state index contributed by atoms with van der Waals surface area (Å²) in [6.45, 7) is 6.55. The molecular weight excluding hydrogens is 314 g/mol. The van der Waals surface area contributed by atoms with Gasteiger partial charge in [0.1, 0.15) is 0 Å². The summed E-state index contributed by atoms with van der Waals surface area (Å²) in [5.74, 6) is 0.970. The quantitative estimate of drug-likeness (QED) is 0.836. The number of aromatic nitrogens is 2. The second kappa shape index (κ2) is 7.08. The number of carbonyl (C=O) groups excluding carboxylic acids is 1. The van der Waals surface area contributed by atoms with Crippen LogP contribution in [-0.2, 0) is 20.1 Å². The van der Waals surface area contributed by atoms with Gasteiger partial charge in [0, 0.05) is 58.4 Å². The lowest BCUT2D eigenvalue weighted by molar-refractivity contribution is 0.0655. The predicted molar refractivity (Wildman–Crippen MR) is 97.3 cm³/mol. The van der Waals surface area contributed by atoms with Gasteiger partial charge in [-0.15, -0.1) is 0 Å². The number of aryl methyl sites for hydroxylation is 1. The summed E-state index contributed by atoms with van der Waals surface area (Å²) in [7, 11) is 4.10. The zero-order chi connectivity index (χ0) is 17.4. The van der Waals surface area contributed by atoms with Gasteiger partial charge < -0.3 is 9.80 Å². The fraction of sp³-hybridized carbons (Fsp3) is 0.789. The van der Waals surface area contributed by atoms with Crippen molar-refractivity contribution in [2.75, 3.05) is 39.8 Å². The monoisotopic (exact) mass is 345 g/mol. The summed E-state index contributed by atoms with van der Waals surface area (Å²) >= 11 is 0. The third-order valence-corrected chi connectivity index (χ3v) is 6.26. The number of hydrogen-bond donors (Lipinski definition) is 0. The Morgan fingerprint density at radius 1 is 1.04 bits per heavy atom. The SMILES string of the molecule is CN1CCN(C(=O)c2nn(C)c3c2CN(CC2CCCCC2)C3)CC1. The highest BCUT2D eigenvalue weighted by Crippen LogP contribution is 2.30. The van der Waals surface area contributed by atoms with Gasteiger partial charge in [-0.3, -0.25) is 14.4 Å². The molecular formula is C19H31N5O. The van der Waals surface area contributed by atoms with E-state index in [4.69, 9.17) is 0 Å². The van der Waals surface area contributed by atoms with Crippen molar-refractivity contribution in [3.8, 4) is 0 Å². The van der Waals surface area contributed by atoms with Crippen molar-refractivity contribution in [2.45, 2.75) is 45.2 Å². The van der Waals surface area contributed by atoms with Crippen LogP contribution in [0.4, 0.5) is 0 Å². The second-order valence-corrected chi connectivity index (χ2v) is 8.17. The van der Waals surface area contributed by atoms with E-state index in [1.807, 2.05) is 16.6 Å². The Morgan fingerprint density at radius 3 is 2.48 bits per heavy atom. The van der Waals surface area contributed by atoms with Gasteiger partial charge in [-0.25, -0.2) is 0 Å². The molecule has 0 bridgehead atoms. The molecule has 0 spiro atoms. The number of hydrogen-bond acceptors (Lipinski definition) is 4. The van der Waals surface area contributed by atoms with E-state index in [0.717, 1.165) is 45.2 Å². The highest BCUT2D eigenvalue weighted by atomic mass is 16.2. The molecule has 0 unspecified atom stereocenters. The van der Waals surface area contributed by atoms with E-state index in [1.165, 1.54) is 49.9 Å². The molecule has 3 aliphatic rings. The Kier molecular flexibility index (Phi) is 4.82. The van der Waals surface area contributed by atoms with Crippen LogP contribution in [0.15, 0.2) is 0 Å². The van der Waals surface area contributed by atoms with Gasteiger partial charge in [-0.05, 0) is 25.8 Å². The van der Waals surface area contributed by atoms with Crippen LogP contribution < -0.4 is 0 Å². The van der Waals surface area contributed by atoms with Crippen molar-refractivity contribution in [1.82, 2.24) is 24.5 Å². The Hall–Kier alpha value is -1.40. The van der Waals surface area contributed by atoms with E-state index in [2.05, 4.69) is 21.9 Å². The van der Waals surface area contributed by atoms with Crippen molar-refractivity contribution in [2.24, 2.45) is 13.0 Å². The topological polar surface area (TPSA) is 44.6 Å². The van der Waals surface area contributed by atoms with Gasteiger partial charge in [0.25, 0.3) is 5.91 Å². The van der Waals surface area contributed by atoms with Crippen molar-refractivity contribution in [3.05, 3.63) is 17.0 Å². The van der Waals surface area contributed by atoms with Crippen molar-refractivity contribution < 1.29 is 4.79 Å². The summed E-state index contributed by atoms with van der Waals surface area (Å²) in [5, 5.41) is 4.59. The molecule has 0 atom stereocenters. The van der Waals surface area contributed by atoms with E-state index in [9.17, 15) is 4.79 Å². The van der Waals surface area contributed by atoms with Gasteiger partial charge >= 0.3 is 0 Å². The maximum atomic E-state index is 13.0. The fourth-order valence-corrected chi connectivity index (χ4v) is 4.65. The zero-order valence-corrected chi connectivity index (χ0v) is 15.7. The average molecular weight is 345 g/mol. The van der Waals surface area contributed by atoms with E-state index >= 15 is 0 Å². The van der Waals surface area contributed by atoms with E-state index in [1.54, 1.807) is 0 Å². The third-order valence-electron chi connectivity index (χ3n) is 6.26. The number of nitrogens with zero attached hydrogens (tertiary/aromatic N) is 5. The third kappa shape index (κ3) is 3.47. The molecule has 6 nitrogen and oxygen atoms in total. The molecule has 2 fully saturated rings. The Balaban J connectivity index is 1.44. The van der Waals surface area contributed by atoms with Crippen LogP contribution in [0, 0.1) is 5.92 Å². The molecule has 0 aromatic carbocycles. The second-order valence-electron chi connectivity index (χ2n) is 8.17. The molecule has 0 N–H and O–H groups in total. The first-order chi connectivity index (χ1) is 12.1. The fourth-order valence-electron chi connectivity index (χ4n) is 4.65. The molecule has 138 valence electrons. The van der Waals surface area contributed by atoms with Crippen LogP contribution in [-0.4, -0.2) is 70.2 Å². The Labute approximate surface area is 150 Å². The number of likely N-dealkylation sites (N-methyl/N-ethyl adjacent to an activating group) is 1. The van der Waals surface area contributed by atoms with Gasteiger partial charge in [-0.2, -0.15) is 5.10 Å². The summed E-state index contributed by atoms with van der Waals surface area (Å²) in [6.07, 6.45) is 6.93. The molecule has 1 saturated heterocycles. The minimum Gasteiger partial charge on any atom is -0.335 e. The van der Waals surface area contributed by atoms with Gasteiger partial charge in [0.05, 0.1) is 5.69 Å². The Morgan fingerprint density at radius 2 is 1.76 bits per heavy atom. The van der Waals surface area contributed by atoms with E-state index < -0.39 is 0 Å². The van der Waals surface area contributed by atoms with E-state index in [0.29, 0.717) is 5.69 Å². The molecule has 1 aromatic rings. The number of fused-ring (bicyclic) bond motifs is 1. The van der Waals surface area contributed by atoms with Crippen LogP contribution in [0.25, 0.3) is 0 Å². The summed E-state index contributed by atoms with van der Waals surface area (Å²) < 4.78 is 1.94. The van der Waals surface area contributed by atoms with Crippen LogP contribution in [0.2, 0.25) is 0 Å². The molecule has 0 radical (unpaired) electrons. The smallest absolute Gasteiger partial charge is 0.274 e. The molecule has 25 heavy (non-hydrogen) atoms. The largest absolute Gasteiger partial charge is 0.335 e. The molecule has 1 aromatic heterocycles. The summed E-state index contributed by atoms with van der Waals surface area (Å²) in [4.78, 5) is 19.8. The lowest BCUT2D eigenvalue weighted by Crippen LogP contribution is -2.47. The van der Waals surface area contributed by atoms with Gasteiger partial charge in [-0.1, -0.05) is 19.3 Å². The standard InChI is InChI=1S/C19H31N5O/c1-21-8-10-24(11-9-21)19(25)18-16-13-23(14-17(16)22(2)20-18)12-15-6-4-3-5-7-15/h15H,3-14H2,1-2H3. The summed E-state index contributed by atoms with van der Waals surface area (Å²) in [6, 6.07) is 0. The van der Waals surface area contributed by atoms with Gasteiger partial charge in [0.15, 0.2) is 5.69 Å². The molecule has 4 rings (SSSR count). The van der Waals surface area contributed by atoms with Crippen molar-refractivity contribution in [1.29, 1.82) is 0 Å². The molecule has 2 aliphatic heterocycles. The zero-order valence-electron chi connectivity index (χ0n) is 15.7. The number of carbonyl (C=O) groups is 1. The first kappa shape index (κ1) is 17.0. The molecule has 1 saturated carbocycles. The van der Waals surface area contributed by atoms with Crippen LogP contribution in [0.1, 0.15) is 53.8 Å². The minimum absolute atomic E-state index is 0.129. The van der Waals surface area contributed by atoms with Gasteiger partial charge in [0.2, 0.25) is 0 Å². The Bertz CT molecular complexity index is 626. The molecule has 6 heteroatoms. The van der Waals surface area contributed by atoms with Crippen LogP contribution in [0.5, 0.6) is 0 Å². The first-order valence-electron chi connectivity index (χ1n) is 9.86. The highest BCUT2D eigenvalue weighted by molar-refractivity contribution is 5.94. The highest BCUT2D eigenvalue weighted by Gasteiger charge is 2.33. The lowest BCUT2D eigenvalue weighted by atomic mass is 9.89. The maximum Gasteiger partial charge on any atom is 0.274 e. The van der Waals surface area contributed by atoms with Crippen LogP contribution >= 0.6 is 0 Å². The van der Waals surface area contributed by atoms with Crippen molar-refractivity contribution >= 4 is 5.91 Å². The lowest BCUT2D eigenvalue weighted by Gasteiger charge is -2.32. The van der Waals surface area contributed by atoms with E-state index in [-0.39, 0.29) is 5.91 Å². The number of rotatable bonds is 3. The molecule has 3 heterocycles. The van der Waals surface area contributed by atoms with Crippen LogP contribution in [0.3, 0.4) is 0 Å². The number of amides is 1. The summed E-state index contributed by atoms with van der Waals surface area (Å²) in [5.41, 5.74) is 3.13. The molecule has 1 aliphatic carbocycles. The first-order valence-corrected chi connectivity index (χ1v) is 9.86.